The Morgan fingerprint density at radius 2 is 1.93 bits per heavy atom. The number of methoxy groups -OCH3 is 1. The fourth-order valence-electron chi connectivity index (χ4n) is 6.01. The van der Waals surface area contributed by atoms with Gasteiger partial charge in [-0.2, -0.15) is 10.1 Å². The fraction of sp³-hybridized carbons (Fsp3) is 0.429. The lowest BCUT2D eigenvalue weighted by atomic mass is 10.0. The van der Waals surface area contributed by atoms with Gasteiger partial charge in [-0.15, -0.1) is 5.06 Å². The number of aromatic amines is 1. The van der Waals surface area contributed by atoms with E-state index in [0.29, 0.717) is 49.6 Å². The van der Waals surface area contributed by atoms with Crippen LogP contribution in [0.15, 0.2) is 45.7 Å². The molecule has 14 heteroatoms. The normalized spacial score (nSPS) is 17.3. The predicted molar refractivity (Wildman–Crippen MR) is 158 cm³/mol. The zero-order chi connectivity index (χ0) is 29.4. The van der Waals surface area contributed by atoms with Crippen LogP contribution in [0, 0.1) is 0 Å². The van der Waals surface area contributed by atoms with Crippen LogP contribution in [0.4, 0.5) is 4.79 Å². The van der Waals surface area contributed by atoms with Gasteiger partial charge in [0.2, 0.25) is 5.88 Å². The Morgan fingerprint density at radius 3 is 2.64 bits per heavy atom. The number of carbonyl (C=O) groups is 1. The maximum Gasteiger partial charge on any atom is 0.423 e. The molecule has 0 bridgehead atoms. The molecule has 4 N–H and O–H groups in total. The van der Waals surface area contributed by atoms with Crippen molar-refractivity contribution in [2.45, 2.75) is 44.5 Å². The summed E-state index contributed by atoms with van der Waals surface area (Å²) in [6.45, 7) is 3.15. The number of aliphatic hydroxyl groups excluding tert-OH is 1. The first-order valence-corrected chi connectivity index (χ1v) is 14.7. The molecule has 222 valence electrons. The molecule has 0 spiro atoms. The SMILES string of the molecule is COc1ccc2[nH]c(=O)n(C3CCN(CC(O)Cn4nc(-c5ccc(Br)cc5)c5c4CCN(OC(N)=O)C5)CC3)c2n1. The number of carbonyl (C=O) groups excluding carboxylic acids is 1. The number of hydrogen-bond donors (Lipinski definition) is 3. The highest BCUT2D eigenvalue weighted by atomic mass is 79.9. The minimum Gasteiger partial charge on any atom is -0.481 e. The lowest BCUT2D eigenvalue weighted by molar-refractivity contribution is -0.107. The number of imidazole rings is 1. The number of pyridine rings is 1. The number of aromatic nitrogens is 5. The highest BCUT2D eigenvalue weighted by molar-refractivity contribution is 9.10. The number of halogens is 1. The molecular formula is C28H33BrN8O5. The van der Waals surface area contributed by atoms with Crippen molar-refractivity contribution >= 4 is 33.2 Å². The van der Waals surface area contributed by atoms with E-state index in [1.165, 1.54) is 0 Å². The molecule has 42 heavy (non-hydrogen) atoms. The molecule has 0 aliphatic carbocycles. The minimum absolute atomic E-state index is 0.0106. The van der Waals surface area contributed by atoms with E-state index >= 15 is 0 Å². The molecule has 1 fully saturated rings. The number of likely N-dealkylation sites (tertiary alicyclic amines) is 1. The number of primary amides is 1. The van der Waals surface area contributed by atoms with Crippen LogP contribution in [-0.2, 0) is 24.3 Å². The van der Waals surface area contributed by atoms with Crippen LogP contribution in [0.3, 0.4) is 0 Å². The van der Waals surface area contributed by atoms with Crippen molar-refractivity contribution in [3.63, 3.8) is 0 Å². The maximum atomic E-state index is 12.7. The number of benzene rings is 1. The van der Waals surface area contributed by atoms with Gasteiger partial charge in [0.05, 0.1) is 37.5 Å². The highest BCUT2D eigenvalue weighted by Gasteiger charge is 2.29. The van der Waals surface area contributed by atoms with E-state index in [4.69, 9.17) is 20.4 Å². The average Bonchev–Trinajstić information content (AvgIpc) is 3.49. The van der Waals surface area contributed by atoms with E-state index in [0.717, 1.165) is 52.9 Å². The Morgan fingerprint density at radius 1 is 1.17 bits per heavy atom. The number of H-pyrrole nitrogens is 1. The molecule has 5 heterocycles. The number of hydrogen-bond acceptors (Lipinski definition) is 9. The molecule has 1 atom stereocenters. The van der Waals surface area contributed by atoms with Crippen LogP contribution in [-0.4, -0.2) is 84.9 Å². The number of hydroxylamine groups is 2. The van der Waals surface area contributed by atoms with Gasteiger partial charge in [0.25, 0.3) is 0 Å². The first-order chi connectivity index (χ1) is 20.3. The number of rotatable bonds is 8. The second-order valence-electron chi connectivity index (χ2n) is 10.7. The lowest BCUT2D eigenvalue weighted by Gasteiger charge is -2.33. The standard InChI is InChI=1S/C28H33BrN8O5/c1-41-24-7-6-22-26(32-24)37(28(40)31-22)19-8-11-34(12-9-19)14-20(38)15-36-23-10-13-35(42-27(30)39)16-21(23)25(33-36)17-2-4-18(29)5-3-17/h2-7,19-20,38H,8-16H2,1H3,(H2,30,39)(H,31,40). The summed E-state index contributed by atoms with van der Waals surface area (Å²) in [4.78, 5) is 38.9. The molecule has 4 aromatic rings. The van der Waals surface area contributed by atoms with E-state index in [1.807, 2.05) is 35.0 Å². The van der Waals surface area contributed by atoms with Crippen molar-refractivity contribution < 1.29 is 19.5 Å². The summed E-state index contributed by atoms with van der Waals surface area (Å²) in [5, 5.41) is 17.6. The van der Waals surface area contributed by atoms with Crippen LogP contribution in [0.1, 0.15) is 30.1 Å². The largest absolute Gasteiger partial charge is 0.481 e. The molecule has 1 aromatic carbocycles. The van der Waals surface area contributed by atoms with Crippen molar-refractivity contribution in [1.82, 2.24) is 34.3 Å². The summed E-state index contributed by atoms with van der Waals surface area (Å²) >= 11 is 3.48. The van der Waals surface area contributed by atoms with Gasteiger partial charge in [0, 0.05) is 66.0 Å². The lowest BCUT2D eigenvalue weighted by Crippen LogP contribution is -2.42. The van der Waals surface area contributed by atoms with Crippen molar-refractivity contribution in [3.05, 3.63) is 62.6 Å². The molecule has 3 aromatic heterocycles. The quantitative estimate of drug-likeness (QED) is 0.263. The second kappa shape index (κ2) is 11.9. The third-order valence-corrected chi connectivity index (χ3v) is 8.49. The molecule has 0 saturated carbocycles. The zero-order valence-corrected chi connectivity index (χ0v) is 24.8. The Kier molecular flexibility index (Phi) is 8.03. The summed E-state index contributed by atoms with van der Waals surface area (Å²) in [6.07, 6.45) is 0.631. The molecule has 13 nitrogen and oxygen atoms in total. The summed E-state index contributed by atoms with van der Waals surface area (Å²) in [7, 11) is 1.56. The molecule has 1 saturated heterocycles. The monoisotopic (exact) mass is 640 g/mol. The highest BCUT2D eigenvalue weighted by Crippen LogP contribution is 2.31. The molecule has 2 aliphatic heterocycles. The molecule has 2 aliphatic rings. The predicted octanol–water partition coefficient (Wildman–Crippen LogP) is 2.43. The fourth-order valence-corrected chi connectivity index (χ4v) is 6.28. The Balaban J connectivity index is 1.14. The number of β-amino-alcohol motifs (C(OH)–C–C–N with tert-alkyl or cyclic N) is 1. The first kappa shape index (κ1) is 28.4. The third kappa shape index (κ3) is 5.79. The van der Waals surface area contributed by atoms with Crippen LogP contribution < -0.4 is 16.2 Å². The number of nitrogens with zero attached hydrogens (tertiary/aromatic N) is 6. The molecule has 1 amide bonds. The van der Waals surface area contributed by atoms with Gasteiger partial charge in [-0.3, -0.25) is 9.25 Å². The Labute approximate surface area is 249 Å². The summed E-state index contributed by atoms with van der Waals surface area (Å²) in [5.74, 6) is 0.466. The van der Waals surface area contributed by atoms with Crippen LogP contribution in [0.5, 0.6) is 5.88 Å². The summed E-state index contributed by atoms with van der Waals surface area (Å²) < 4.78 is 9.84. The van der Waals surface area contributed by atoms with Gasteiger partial charge in [-0.05, 0) is 31.0 Å². The van der Waals surface area contributed by atoms with E-state index in [-0.39, 0.29) is 11.7 Å². The van der Waals surface area contributed by atoms with Crippen molar-refractivity contribution in [3.8, 4) is 17.1 Å². The number of ether oxygens (including phenoxy) is 1. The van der Waals surface area contributed by atoms with Gasteiger partial charge in [-0.25, -0.2) is 9.59 Å². The van der Waals surface area contributed by atoms with Crippen molar-refractivity contribution in [2.75, 3.05) is 33.3 Å². The number of amides is 1. The van der Waals surface area contributed by atoms with E-state index in [9.17, 15) is 14.7 Å². The molecular weight excluding hydrogens is 608 g/mol. The van der Waals surface area contributed by atoms with Crippen LogP contribution in [0.25, 0.3) is 22.4 Å². The number of nitrogens with two attached hydrogens (primary N) is 1. The average molecular weight is 642 g/mol. The van der Waals surface area contributed by atoms with Gasteiger partial charge in [-0.1, -0.05) is 28.1 Å². The van der Waals surface area contributed by atoms with Gasteiger partial charge >= 0.3 is 11.8 Å². The van der Waals surface area contributed by atoms with Gasteiger partial charge in [0.1, 0.15) is 0 Å². The number of piperidine rings is 1. The minimum atomic E-state index is -0.846. The smallest absolute Gasteiger partial charge is 0.423 e. The second-order valence-corrected chi connectivity index (χ2v) is 11.6. The maximum absolute atomic E-state index is 12.7. The third-order valence-electron chi connectivity index (χ3n) is 7.96. The van der Waals surface area contributed by atoms with E-state index in [2.05, 4.69) is 30.8 Å². The van der Waals surface area contributed by atoms with Gasteiger partial charge in [0.15, 0.2) is 5.65 Å². The van der Waals surface area contributed by atoms with E-state index in [1.54, 1.807) is 22.8 Å². The van der Waals surface area contributed by atoms with Crippen molar-refractivity contribution in [1.29, 1.82) is 0 Å². The van der Waals surface area contributed by atoms with E-state index < -0.39 is 12.2 Å². The van der Waals surface area contributed by atoms with Crippen LogP contribution >= 0.6 is 15.9 Å². The topological polar surface area (TPSA) is 157 Å². The molecule has 0 radical (unpaired) electrons. The van der Waals surface area contributed by atoms with Crippen LogP contribution in [0.2, 0.25) is 0 Å². The Bertz CT molecular complexity index is 1640. The molecule has 1 unspecified atom stereocenters. The zero-order valence-electron chi connectivity index (χ0n) is 23.2. The molecule has 6 rings (SSSR count). The van der Waals surface area contributed by atoms with Crippen molar-refractivity contribution in [2.24, 2.45) is 5.73 Å². The van der Waals surface area contributed by atoms with Gasteiger partial charge < -0.3 is 30.3 Å². The number of fused-ring (bicyclic) bond motifs is 2. The first-order valence-electron chi connectivity index (χ1n) is 13.9. The summed E-state index contributed by atoms with van der Waals surface area (Å²) in [6, 6.07) is 11.4. The number of aliphatic hydroxyl groups is 1. The Hall–Kier alpha value is -3.72. The number of nitrogens with one attached hydrogen (secondary N) is 1. The summed E-state index contributed by atoms with van der Waals surface area (Å²) in [5.41, 5.74) is 10.1.